The third-order valence-corrected chi connectivity index (χ3v) is 8.37. The highest BCUT2D eigenvalue weighted by Gasteiger charge is 2.52. The third-order valence-electron chi connectivity index (χ3n) is 8.37. The van der Waals surface area contributed by atoms with Crippen molar-refractivity contribution in [3.8, 4) is 0 Å². The van der Waals surface area contributed by atoms with Crippen molar-refractivity contribution in [3.05, 3.63) is 0 Å². The normalized spacial score (nSPS) is 39.1. The molecule has 3 saturated heterocycles. The van der Waals surface area contributed by atoms with Gasteiger partial charge in [0.1, 0.15) is 73.2 Å². The fourth-order valence-corrected chi connectivity index (χ4v) is 5.48. The molecule has 292 valence electrons. The lowest BCUT2D eigenvalue weighted by atomic mass is 9.96. The highest BCUT2D eigenvalue weighted by molar-refractivity contribution is 5.73. The fraction of sp³-hybridized carbons (Fsp3) is 0.931. The number of carbonyl (C=O) groups is 2. The number of unbranched alkanes of at least 4 members (excludes halogenated alkanes) is 2. The fourth-order valence-electron chi connectivity index (χ4n) is 5.48. The molecule has 0 aromatic carbocycles. The molecule has 0 spiro atoms. The van der Waals surface area contributed by atoms with Crippen molar-refractivity contribution in [1.29, 1.82) is 0 Å². The second-order valence-corrected chi connectivity index (χ2v) is 12.0. The van der Waals surface area contributed by atoms with Gasteiger partial charge in [0.2, 0.25) is 0 Å². The number of aliphatic hydroxyl groups excluding tert-OH is 10. The van der Waals surface area contributed by atoms with E-state index in [2.05, 4.69) is 10.6 Å². The standard InChI is InChI=1S/C29H52N2O19/c1-2-44-16(34)6-4-3-5-7-30-29(43)31-8-9-45-27-24(42)25(50-28-23(41)21(39)18(36)14(11-33)48-28)19(37)15(49-27)12-46-26-22(40)20(38)17(35)13(10-32)47-26/h13-15,17-28,32-33,35-42H,2-12H2,1H3,(H2,30,31,43)/t13-,14-,15-,17-,18-,19-,20+,21+,22+,23+,24+,25+,26+,27-,28-/m1/s1. The molecule has 0 bridgehead atoms. The molecule has 3 aliphatic rings. The van der Waals surface area contributed by atoms with E-state index in [1.807, 2.05) is 0 Å². The van der Waals surface area contributed by atoms with Crippen LogP contribution in [0.2, 0.25) is 0 Å². The Hall–Kier alpha value is -1.90. The predicted octanol–water partition coefficient (Wildman–Crippen LogP) is -6.13. The van der Waals surface area contributed by atoms with Crippen LogP contribution in [0.25, 0.3) is 0 Å². The van der Waals surface area contributed by atoms with Crippen molar-refractivity contribution in [2.24, 2.45) is 0 Å². The van der Waals surface area contributed by atoms with Gasteiger partial charge in [-0.3, -0.25) is 4.79 Å². The van der Waals surface area contributed by atoms with Crippen molar-refractivity contribution in [1.82, 2.24) is 10.6 Å². The average Bonchev–Trinajstić information content (AvgIpc) is 3.10. The number of esters is 1. The van der Waals surface area contributed by atoms with E-state index in [9.17, 15) is 60.7 Å². The lowest BCUT2D eigenvalue weighted by molar-refractivity contribution is -0.365. The maximum Gasteiger partial charge on any atom is 0.314 e. The molecule has 0 unspecified atom stereocenters. The third kappa shape index (κ3) is 11.6. The molecule has 0 saturated carbocycles. The summed E-state index contributed by atoms with van der Waals surface area (Å²) in [4.78, 5) is 23.5. The number of hydrogen-bond donors (Lipinski definition) is 12. The molecule has 15 atom stereocenters. The van der Waals surface area contributed by atoms with Crippen LogP contribution in [-0.2, 0) is 38.0 Å². The summed E-state index contributed by atoms with van der Waals surface area (Å²) in [5.41, 5.74) is 0. The van der Waals surface area contributed by atoms with Gasteiger partial charge in [0, 0.05) is 19.5 Å². The van der Waals surface area contributed by atoms with Gasteiger partial charge in [0.25, 0.3) is 0 Å². The molecule has 12 N–H and O–H groups in total. The van der Waals surface area contributed by atoms with Crippen LogP contribution in [0.15, 0.2) is 0 Å². The maximum absolute atomic E-state index is 12.2. The van der Waals surface area contributed by atoms with Crippen molar-refractivity contribution in [2.45, 2.75) is 125 Å². The van der Waals surface area contributed by atoms with Crippen LogP contribution in [0, 0.1) is 0 Å². The number of carbonyl (C=O) groups excluding carboxylic acids is 2. The number of urea groups is 1. The molecule has 21 nitrogen and oxygen atoms in total. The quantitative estimate of drug-likeness (QED) is 0.0461. The zero-order chi connectivity index (χ0) is 37.0. The Balaban J connectivity index is 1.58. The molecular formula is C29H52N2O19. The highest BCUT2D eigenvalue weighted by atomic mass is 16.7. The number of rotatable bonds is 18. The summed E-state index contributed by atoms with van der Waals surface area (Å²) in [6, 6.07) is -0.519. The smallest absolute Gasteiger partial charge is 0.314 e. The van der Waals surface area contributed by atoms with Crippen molar-refractivity contribution in [3.63, 3.8) is 0 Å². The summed E-state index contributed by atoms with van der Waals surface area (Å²) in [5.74, 6) is -0.279. The Morgan fingerprint density at radius 2 is 1.18 bits per heavy atom. The second-order valence-electron chi connectivity index (χ2n) is 12.0. The maximum atomic E-state index is 12.2. The molecular weight excluding hydrogens is 680 g/mol. The van der Waals surface area contributed by atoms with Gasteiger partial charge in [-0.25, -0.2) is 4.79 Å². The number of nitrogens with one attached hydrogen (secondary N) is 2. The summed E-state index contributed by atoms with van der Waals surface area (Å²) in [6.45, 7) is -0.0611. The van der Waals surface area contributed by atoms with E-state index in [1.165, 1.54) is 0 Å². The zero-order valence-electron chi connectivity index (χ0n) is 27.6. The minimum absolute atomic E-state index is 0.0753. The minimum Gasteiger partial charge on any atom is -0.466 e. The number of aliphatic hydroxyl groups is 10. The van der Waals surface area contributed by atoms with Crippen LogP contribution in [-0.4, -0.2) is 201 Å². The molecule has 3 fully saturated rings. The van der Waals surface area contributed by atoms with Gasteiger partial charge < -0.3 is 94.9 Å². The van der Waals surface area contributed by atoms with Crippen LogP contribution in [0.5, 0.6) is 0 Å². The Morgan fingerprint density at radius 3 is 1.80 bits per heavy atom. The number of amides is 2. The molecule has 0 radical (unpaired) electrons. The first-order valence-electron chi connectivity index (χ1n) is 16.5. The summed E-state index contributed by atoms with van der Waals surface area (Å²) >= 11 is 0. The van der Waals surface area contributed by atoms with E-state index in [0.717, 1.165) is 0 Å². The van der Waals surface area contributed by atoms with Gasteiger partial charge >= 0.3 is 12.0 Å². The van der Waals surface area contributed by atoms with Gasteiger partial charge in [-0.05, 0) is 19.8 Å². The molecule has 0 aromatic rings. The summed E-state index contributed by atoms with van der Waals surface area (Å²) in [5, 5.41) is 108. The van der Waals surface area contributed by atoms with E-state index in [4.69, 9.17) is 33.2 Å². The summed E-state index contributed by atoms with van der Waals surface area (Å²) in [6.07, 6.45) is -22.8. The molecule has 50 heavy (non-hydrogen) atoms. The Kier molecular flexibility index (Phi) is 17.8. The molecule has 21 heteroatoms. The van der Waals surface area contributed by atoms with Gasteiger partial charge in [-0.1, -0.05) is 6.42 Å². The van der Waals surface area contributed by atoms with E-state index < -0.39 is 118 Å². The Bertz CT molecular complexity index is 1010. The molecule has 3 rings (SSSR count). The van der Waals surface area contributed by atoms with E-state index in [1.54, 1.807) is 6.92 Å². The lowest BCUT2D eigenvalue weighted by Gasteiger charge is -2.46. The first-order valence-corrected chi connectivity index (χ1v) is 16.5. The number of ether oxygens (including phenoxy) is 7. The van der Waals surface area contributed by atoms with Crippen LogP contribution in [0.1, 0.15) is 32.6 Å². The minimum atomic E-state index is -1.89. The van der Waals surface area contributed by atoms with Crippen LogP contribution < -0.4 is 10.6 Å². The van der Waals surface area contributed by atoms with Gasteiger partial charge in [0.05, 0.1) is 33.0 Å². The van der Waals surface area contributed by atoms with Gasteiger partial charge in [-0.15, -0.1) is 0 Å². The van der Waals surface area contributed by atoms with E-state index in [-0.39, 0.29) is 19.1 Å². The molecule has 0 aliphatic carbocycles. The lowest BCUT2D eigenvalue weighted by Crippen LogP contribution is -2.65. The zero-order valence-corrected chi connectivity index (χ0v) is 27.6. The highest BCUT2D eigenvalue weighted by Crippen LogP contribution is 2.31. The van der Waals surface area contributed by atoms with Gasteiger partial charge in [0.15, 0.2) is 18.9 Å². The first-order chi connectivity index (χ1) is 23.8. The van der Waals surface area contributed by atoms with Crippen LogP contribution in [0.4, 0.5) is 4.79 Å². The number of hydrogen-bond acceptors (Lipinski definition) is 19. The topological polar surface area (TPSA) is 325 Å². The van der Waals surface area contributed by atoms with Crippen LogP contribution in [0.3, 0.4) is 0 Å². The largest absolute Gasteiger partial charge is 0.466 e. The van der Waals surface area contributed by atoms with E-state index in [0.29, 0.717) is 38.8 Å². The summed E-state index contributed by atoms with van der Waals surface area (Å²) in [7, 11) is 0. The molecule has 3 aliphatic heterocycles. The molecule has 0 aromatic heterocycles. The molecule has 3 heterocycles. The van der Waals surface area contributed by atoms with E-state index >= 15 is 0 Å². The first kappa shape index (κ1) is 42.5. The van der Waals surface area contributed by atoms with Crippen LogP contribution >= 0.6 is 0 Å². The molecule has 2 amide bonds. The van der Waals surface area contributed by atoms with Crippen molar-refractivity contribution in [2.75, 3.05) is 46.1 Å². The SMILES string of the molecule is CCOC(=O)CCCCCNC(=O)NCCO[C@@H]1O[C@H](CO[C@H]2O[C@H](CO)[C@@H](O)[C@H](O)[C@@H]2O)[C@@H](O)[C@H](O[C@H]2O[C@H](CO)[C@@H](O)[C@H](O)[C@@H]2O)[C@@H]1O. The van der Waals surface area contributed by atoms with Gasteiger partial charge in [-0.2, -0.15) is 0 Å². The van der Waals surface area contributed by atoms with Crippen molar-refractivity contribution >= 4 is 12.0 Å². The monoisotopic (exact) mass is 732 g/mol. The predicted molar refractivity (Wildman–Crippen MR) is 161 cm³/mol. The Morgan fingerprint density at radius 1 is 0.620 bits per heavy atom. The average molecular weight is 733 g/mol. The Labute approximate surface area is 287 Å². The second kappa shape index (κ2) is 21.0. The summed E-state index contributed by atoms with van der Waals surface area (Å²) < 4.78 is 37.9. The van der Waals surface area contributed by atoms with Crippen molar-refractivity contribution < 1.29 is 93.8 Å².